The summed E-state index contributed by atoms with van der Waals surface area (Å²) in [5.74, 6) is 2.67. The third-order valence-corrected chi connectivity index (χ3v) is 4.71. The Balaban J connectivity index is 1.36. The van der Waals surface area contributed by atoms with Crippen molar-refractivity contribution in [3.8, 4) is 0 Å². The quantitative estimate of drug-likeness (QED) is 0.736. The van der Waals surface area contributed by atoms with Gasteiger partial charge in [-0.1, -0.05) is 11.2 Å². The highest BCUT2D eigenvalue weighted by molar-refractivity contribution is 5.96. The predicted octanol–water partition coefficient (Wildman–Crippen LogP) is 2.18. The fourth-order valence-electron chi connectivity index (χ4n) is 3.21. The summed E-state index contributed by atoms with van der Waals surface area (Å²) in [6, 6.07) is 9.42. The molecule has 1 fully saturated rings. The highest BCUT2D eigenvalue weighted by atomic mass is 16.5. The molecule has 0 spiro atoms. The maximum Gasteiger partial charge on any atom is 0.259 e. The van der Waals surface area contributed by atoms with Crippen molar-refractivity contribution in [3.63, 3.8) is 0 Å². The smallest absolute Gasteiger partial charge is 0.259 e. The van der Waals surface area contributed by atoms with Crippen LogP contribution in [0.25, 0.3) is 0 Å². The Morgan fingerprint density at radius 1 is 1.04 bits per heavy atom. The van der Waals surface area contributed by atoms with E-state index in [-0.39, 0.29) is 5.91 Å². The summed E-state index contributed by atoms with van der Waals surface area (Å²) < 4.78 is 5.11. The van der Waals surface area contributed by atoms with Crippen LogP contribution in [-0.4, -0.2) is 57.3 Å². The number of hydrogen-bond acceptors (Lipinski definition) is 8. The summed E-state index contributed by atoms with van der Waals surface area (Å²) in [4.78, 5) is 20.9. The van der Waals surface area contributed by atoms with Gasteiger partial charge in [0.1, 0.15) is 17.1 Å². The monoisotopic (exact) mass is 379 g/mol. The van der Waals surface area contributed by atoms with Crippen LogP contribution < -0.4 is 10.2 Å². The molecule has 0 radical (unpaired) electrons. The molecule has 9 nitrogen and oxygen atoms in total. The van der Waals surface area contributed by atoms with Crippen LogP contribution in [0.4, 0.5) is 17.5 Å². The molecule has 4 heterocycles. The molecule has 0 aliphatic carbocycles. The van der Waals surface area contributed by atoms with E-state index >= 15 is 0 Å². The van der Waals surface area contributed by atoms with Crippen LogP contribution in [-0.2, 0) is 0 Å². The van der Waals surface area contributed by atoms with Crippen molar-refractivity contribution >= 4 is 23.4 Å². The molecule has 9 heteroatoms. The number of carbonyl (C=O) groups is 1. The van der Waals surface area contributed by atoms with Gasteiger partial charge in [-0.25, -0.2) is 4.98 Å². The van der Waals surface area contributed by atoms with E-state index in [1.165, 1.54) is 0 Å². The number of nitrogens with one attached hydrogen (secondary N) is 1. The van der Waals surface area contributed by atoms with E-state index in [2.05, 4.69) is 30.6 Å². The number of nitrogens with zero attached hydrogens (tertiary/aromatic N) is 6. The number of amides is 1. The van der Waals surface area contributed by atoms with Gasteiger partial charge in [-0.3, -0.25) is 4.79 Å². The number of aryl methyl sites for hydroxylation is 2. The summed E-state index contributed by atoms with van der Waals surface area (Å²) in [5, 5.41) is 15.5. The molecule has 144 valence electrons. The van der Waals surface area contributed by atoms with Crippen molar-refractivity contribution in [2.24, 2.45) is 0 Å². The first-order valence-corrected chi connectivity index (χ1v) is 9.10. The minimum atomic E-state index is -0.0307. The molecular weight excluding hydrogens is 358 g/mol. The number of carbonyl (C=O) groups excluding carboxylic acids is 1. The number of aromatic nitrogens is 4. The lowest BCUT2D eigenvalue weighted by Gasteiger charge is -2.35. The molecule has 3 aromatic rings. The lowest BCUT2D eigenvalue weighted by molar-refractivity contribution is 0.0744. The normalized spacial score (nSPS) is 14.2. The van der Waals surface area contributed by atoms with Crippen molar-refractivity contribution in [1.82, 2.24) is 25.2 Å². The Kier molecular flexibility index (Phi) is 4.88. The largest absolute Gasteiger partial charge is 0.361 e. The highest BCUT2D eigenvalue weighted by Gasteiger charge is 2.27. The van der Waals surface area contributed by atoms with E-state index in [9.17, 15) is 4.79 Å². The second-order valence-corrected chi connectivity index (χ2v) is 6.60. The van der Waals surface area contributed by atoms with Gasteiger partial charge in [0.2, 0.25) is 0 Å². The molecule has 1 saturated heterocycles. The zero-order valence-electron chi connectivity index (χ0n) is 15.8. The Bertz CT molecular complexity index is 929. The first kappa shape index (κ1) is 17.9. The topological polar surface area (TPSA) is 100 Å². The zero-order valence-corrected chi connectivity index (χ0v) is 15.8. The predicted molar refractivity (Wildman–Crippen MR) is 104 cm³/mol. The zero-order chi connectivity index (χ0) is 19.5. The lowest BCUT2D eigenvalue weighted by atomic mass is 10.1. The summed E-state index contributed by atoms with van der Waals surface area (Å²) in [6.07, 6.45) is 1.72. The molecule has 1 amide bonds. The first-order chi connectivity index (χ1) is 13.6. The molecular formula is C19H21N7O2. The first-order valence-electron chi connectivity index (χ1n) is 9.10. The molecule has 3 aromatic heterocycles. The molecule has 0 unspecified atom stereocenters. The second-order valence-electron chi connectivity index (χ2n) is 6.60. The molecule has 0 saturated carbocycles. The van der Waals surface area contributed by atoms with Crippen LogP contribution in [0.2, 0.25) is 0 Å². The summed E-state index contributed by atoms with van der Waals surface area (Å²) in [5.41, 5.74) is 1.20. The number of rotatable bonds is 4. The third kappa shape index (κ3) is 3.64. The Morgan fingerprint density at radius 3 is 2.46 bits per heavy atom. The number of piperazine rings is 1. The van der Waals surface area contributed by atoms with Crippen molar-refractivity contribution in [2.75, 3.05) is 36.4 Å². The van der Waals surface area contributed by atoms with Gasteiger partial charge in [0, 0.05) is 32.4 Å². The maximum atomic E-state index is 12.7. The summed E-state index contributed by atoms with van der Waals surface area (Å²) >= 11 is 0. The van der Waals surface area contributed by atoms with E-state index in [1.54, 1.807) is 20.0 Å². The van der Waals surface area contributed by atoms with Crippen molar-refractivity contribution in [1.29, 1.82) is 0 Å². The van der Waals surface area contributed by atoms with Crippen LogP contribution in [0.15, 0.2) is 41.1 Å². The van der Waals surface area contributed by atoms with Gasteiger partial charge >= 0.3 is 0 Å². The van der Waals surface area contributed by atoms with E-state index in [0.717, 1.165) is 11.6 Å². The van der Waals surface area contributed by atoms with E-state index in [1.807, 2.05) is 35.2 Å². The van der Waals surface area contributed by atoms with Gasteiger partial charge in [-0.05, 0) is 38.1 Å². The van der Waals surface area contributed by atoms with Gasteiger partial charge < -0.3 is 19.6 Å². The van der Waals surface area contributed by atoms with Gasteiger partial charge in [0.25, 0.3) is 5.91 Å². The van der Waals surface area contributed by atoms with Gasteiger partial charge in [-0.15, -0.1) is 10.2 Å². The molecule has 1 aliphatic heterocycles. The van der Waals surface area contributed by atoms with Crippen molar-refractivity contribution in [3.05, 3.63) is 53.5 Å². The van der Waals surface area contributed by atoms with Crippen molar-refractivity contribution in [2.45, 2.75) is 13.8 Å². The van der Waals surface area contributed by atoms with Gasteiger partial charge in [0.05, 0.1) is 5.69 Å². The minimum absolute atomic E-state index is 0.0307. The van der Waals surface area contributed by atoms with Crippen LogP contribution in [0.1, 0.15) is 21.8 Å². The highest BCUT2D eigenvalue weighted by Crippen LogP contribution is 2.19. The van der Waals surface area contributed by atoms with Crippen LogP contribution >= 0.6 is 0 Å². The average Bonchev–Trinajstić information content (AvgIpc) is 3.07. The average molecular weight is 379 g/mol. The Labute approximate surface area is 162 Å². The van der Waals surface area contributed by atoms with Gasteiger partial charge in [0.15, 0.2) is 11.6 Å². The molecule has 0 aromatic carbocycles. The molecule has 1 N–H and O–H groups in total. The minimum Gasteiger partial charge on any atom is -0.361 e. The molecule has 0 bridgehead atoms. The fourth-order valence-corrected chi connectivity index (χ4v) is 3.21. The van der Waals surface area contributed by atoms with Crippen LogP contribution in [0, 0.1) is 13.8 Å². The van der Waals surface area contributed by atoms with E-state index < -0.39 is 0 Å². The van der Waals surface area contributed by atoms with E-state index in [0.29, 0.717) is 49.0 Å². The standard InChI is InChI=1S/C19H21N7O2/c1-13-18(14(2)28-24-13)19(27)26-11-9-25(10-12-26)17-7-6-16(22-23-17)21-15-5-3-4-8-20-15/h3-8H,9-12H2,1-2H3,(H,20,21,22). The summed E-state index contributed by atoms with van der Waals surface area (Å²) in [7, 11) is 0. The molecule has 1 aliphatic rings. The molecule has 0 atom stereocenters. The number of anilines is 3. The van der Waals surface area contributed by atoms with Crippen LogP contribution in [0.3, 0.4) is 0 Å². The Morgan fingerprint density at radius 2 is 1.86 bits per heavy atom. The molecule has 4 rings (SSSR count). The maximum absolute atomic E-state index is 12.7. The number of hydrogen-bond donors (Lipinski definition) is 1. The van der Waals surface area contributed by atoms with Gasteiger partial charge in [-0.2, -0.15) is 0 Å². The fraction of sp³-hybridized carbons (Fsp3) is 0.316. The lowest BCUT2D eigenvalue weighted by Crippen LogP contribution is -2.49. The third-order valence-electron chi connectivity index (χ3n) is 4.71. The van der Waals surface area contributed by atoms with E-state index in [4.69, 9.17) is 4.52 Å². The SMILES string of the molecule is Cc1noc(C)c1C(=O)N1CCN(c2ccc(Nc3ccccn3)nn2)CC1. The molecule has 28 heavy (non-hydrogen) atoms. The number of pyridine rings is 1. The Hall–Kier alpha value is -3.49. The second kappa shape index (κ2) is 7.63. The summed E-state index contributed by atoms with van der Waals surface area (Å²) in [6.45, 7) is 6.15. The van der Waals surface area contributed by atoms with Crippen molar-refractivity contribution < 1.29 is 9.32 Å². The van der Waals surface area contributed by atoms with Crippen LogP contribution in [0.5, 0.6) is 0 Å².